The molecule has 0 unspecified atom stereocenters. The van der Waals surface area contributed by atoms with Gasteiger partial charge in [0, 0.05) is 13.1 Å². The number of hydrazine groups is 1. The van der Waals surface area contributed by atoms with E-state index in [9.17, 15) is 4.39 Å². The molecular formula is C14H17FN4. The average Bonchev–Trinajstić information content (AvgIpc) is 2.41. The molecule has 0 aliphatic rings. The fraction of sp³-hybridized carbons (Fsp3) is 0.214. The molecule has 0 bridgehead atoms. The Morgan fingerprint density at radius 3 is 2.58 bits per heavy atom. The Bertz CT molecular complexity index is 527. The van der Waals surface area contributed by atoms with Gasteiger partial charge >= 0.3 is 0 Å². The average molecular weight is 260 g/mol. The third-order valence-corrected chi connectivity index (χ3v) is 2.75. The monoisotopic (exact) mass is 260 g/mol. The van der Waals surface area contributed by atoms with Gasteiger partial charge in [0.05, 0.1) is 5.69 Å². The number of rotatable bonds is 5. The van der Waals surface area contributed by atoms with E-state index in [0.29, 0.717) is 12.4 Å². The second-order valence-electron chi connectivity index (χ2n) is 4.46. The number of halogens is 1. The predicted molar refractivity (Wildman–Crippen MR) is 73.6 cm³/mol. The van der Waals surface area contributed by atoms with Gasteiger partial charge in [0.25, 0.3) is 0 Å². The summed E-state index contributed by atoms with van der Waals surface area (Å²) in [5.74, 6) is 5.76. The second kappa shape index (κ2) is 6.26. The molecule has 1 aromatic heterocycles. The first-order chi connectivity index (χ1) is 9.17. The Kier molecular flexibility index (Phi) is 4.43. The molecule has 4 nitrogen and oxygen atoms in total. The lowest BCUT2D eigenvalue weighted by molar-refractivity contribution is 0.315. The Hall–Kier alpha value is -1.98. The summed E-state index contributed by atoms with van der Waals surface area (Å²) >= 11 is 0. The summed E-state index contributed by atoms with van der Waals surface area (Å²) in [5, 5.41) is 0. The Balaban J connectivity index is 1.96. The quantitative estimate of drug-likeness (QED) is 0.639. The maximum Gasteiger partial charge on any atom is 0.140 e. The van der Waals surface area contributed by atoms with E-state index in [1.54, 1.807) is 12.1 Å². The topological polar surface area (TPSA) is 54.2 Å². The smallest absolute Gasteiger partial charge is 0.140 e. The van der Waals surface area contributed by atoms with Gasteiger partial charge in [0.15, 0.2) is 0 Å². The van der Waals surface area contributed by atoms with E-state index in [1.807, 2.05) is 25.2 Å². The van der Waals surface area contributed by atoms with Crippen molar-refractivity contribution >= 4 is 5.82 Å². The molecule has 1 heterocycles. The van der Waals surface area contributed by atoms with E-state index in [1.165, 1.54) is 12.1 Å². The number of aromatic nitrogens is 1. The van der Waals surface area contributed by atoms with Gasteiger partial charge in [-0.3, -0.25) is 4.90 Å². The molecule has 0 spiro atoms. The van der Waals surface area contributed by atoms with Crippen LogP contribution in [0.25, 0.3) is 0 Å². The minimum atomic E-state index is -0.213. The van der Waals surface area contributed by atoms with E-state index < -0.39 is 0 Å². The van der Waals surface area contributed by atoms with E-state index >= 15 is 0 Å². The van der Waals surface area contributed by atoms with Crippen LogP contribution in [0.4, 0.5) is 10.2 Å². The molecule has 0 fully saturated rings. The number of pyridine rings is 1. The summed E-state index contributed by atoms with van der Waals surface area (Å²) in [6, 6.07) is 12.2. The fourth-order valence-corrected chi connectivity index (χ4v) is 1.88. The molecule has 0 aliphatic heterocycles. The lowest BCUT2D eigenvalue weighted by atomic mass is 10.2. The van der Waals surface area contributed by atoms with E-state index in [0.717, 1.165) is 17.8 Å². The molecule has 0 saturated carbocycles. The summed E-state index contributed by atoms with van der Waals surface area (Å²) in [6.07, 6.45) is 0. The SMILES string of the molecule is CN(Cc1ccc(F)cc1)Cc1cccc(NN)n1. The highest BCUT2D eigenvalue weighted by Gasteiger charge is 2.04. The highest BCUT2D eigenvalue weighted by atomic mass is 19.1. The van der Waals surface area contributed by atoms with Crippen molar-refractivity contribution < 1.29 is 4.39 Å². The minimum absolute atomic E-state index is 0.213. The van der Waals surface area contributed by atoms with Crippen LogP contribution >= 0.6 is 0 Å². The van der Waals surface area contributed by atoms with Crippen LogP contribution in [-0.2, 0) is 13.1 Å². The van der Waals surface area contributed by atoms with Crippen molar-refractivity contribution in [3.8, 4) is 0 Å². The Morgan fingerprint density at radius 2 is 1.89 bits per heavy atom. The summed E-state index contributed by atoms with van der Waals surface area (Å²) in [7, 11) is 1.99. The van der Waals surface area contributed by atoms with Gasteiger partial charge in [-0.25, -0.2) is 15.2 Å². The molecule has 2 aromatic rings. The van der Waals surface area contributed by atoms with E-state index in [2.05, 4.69) is 15.3 Å². The maximum absolute atomic E-state index is 12.8. The predicted octanol–water partition coefficient (Wildman–Crippen LogP) is 2.14. The van der Waals surface area contributed by atoms with Crippen LogP contribution in [0.1, 0.15) is 11.3 Å². The molecule has 0 atom stereocenters. The molecule has 100 valence electrons. The normalized spacial score (nSPS) is 10.7. The van der Waals surface area contributed by atoms with Crippen LogP contribution in [-0.4, -0.2) is 16.9 Å². The van der Waals surface area contributed by atoms with Crippen molar-refractivity contribution in [1.29, 1.82) is 0 Å². The van der Waals surface area contributed by atoms with Crippen LogP contribution in [0, 0.1) is 5.82 Å². The van der Waals surface area contributed by atoms with Gasteiger partial charge in [0.1, 0.15) is 11.6 Å². The third-order valence-electron chi connectivity index (χ3n) is 2.75. The van der Waals surface area contributed by atoms with Crippen molar-refractivity contribution in [2.75, 3.05) is 12.5 Å². The van der Waals surface area contributed by atoms with Crippen LogP contribution in [0.15, 0.2) is 42.5 Å². The van der Waals surface area contributed by atoms with Crippen molar-refractivity contribution in [2.45, 2.75) is 13.1 Å². The van der Waals surface area contributed by atoms with Gasteiger partial charge in [-0.2, -0.15) is 0 Å². The molecule has 5 heteroatoms. The summed E-state index contributed by atoms with van der Waals surface area (Å²) in [4.78, 5) is 6.46. The van der Waals surface area contributed by atoms with Crippen LogP contribution in [0.2, 0.25) is 0 Å². The Labute approximate surface area is 112 Å². The number of nitrogens with one attached hydrogen (secondary N) is 1. The van der Waals surface area contributed by atoms with Crippen molar-refractivity contribution in [3.63, 3.8) is 0 Å². The number of nitrogen functional groups attached to an aromatic ring is 1. The van der Waals surface area contributed by atoms with Gasteiger partial charge < -0.3 is 5.43 Å². The van der Waals surface area contributed by atoms with Crippen molar-refractivity contribution in [2.24, 2.45) is 5.84 Å². The highest BCUT2D eigenvalue weighted by molar-refractivity contribution is 5.33. The number of benzene rings is 1. The zero-order chi connectivity index (χ0) is 13.7. The van der Waals surface area contributed by atoms with Gasteiger partial charge in [-0.15, -0.1) is 0 Å². The number of nitrogens with zero attached hydrogens (tertiary/aromatic N) is 2. The number of hydrogen-bond acceptors (Lipinski definition) is 4. The first-order valence-electron chi connectivity index (χ1n) is 6.03. The first kappa shape index (κ1) is 13.5. The van der Waals surface area contributed by atoms with Gasteiger partial charge in [0.2, 0.25) is 0 Å². The number of anilines is 1. The van der Waals surface area contributed by atoms with Crippen LogP contribution < -0.4 is 11.3 Å². The molecular weight excluding hydrogens is 243 g/mol. The molecule has 0 saturated heterocycles. The molecule has 3 N–H and O–H groups in total. The van der Waals surface area contributed by atoms with E-state index in [-0.39, 0.29) is 5.82 Å². The molecule has 2 rings (SSSR count). The zero-order valence-corrected chi connectivity index (χ0v) is 10.8. The molecule has 1 aromatic carbocycles. The summed E-state index contributed by atoms with van der Waals surface area (Å²) in [6.45, 7) is 1.44. The van der Waals surface area contributed by atoms with Gasteiger partial charge in [-0.05, 0) is 36.9 Å². The van der Waals surface area contributed by atoms with Crippen molar-refractivity contribution in [1.82, 2.24) is 9.88 Å². The molecule has 0 amide bonds. The first-order valence-corrected chi connectivity index (χ1v) is 6.03. The fourth-order valence-electron chi connectivity index (χ4n) is 1.88. The highest BCUT2D eigenvalue weighted by Crippen LogP contribution is 2.09. The maximum atomic E-state index is 12.8. The van der Waals surface area contributed by atoms with Crippen molar-refractivity contribution in [3.05, 3.63) is 59.5 Å². The number of nitrogens with two attached hydrogens (primary N) is 1. The summed E-state index contributed by atoms with van der Waals surface area (Å²) < 4.78 is 12.8. The van der Waals surface area contributed by atoms with Crippen LogP contribution in [0.5, 0.6) is 0 Å². The minimum Gasteiger partial charge on any atom is -0.308 e. The molecule has 0 radical (unpaired) electrons. The lowest BCUT2D eigenvalue weighted by Crippen LogP contribution is -2.18. The summed E-state index contributed by atoms with van der Waals surface area (Å²) in [5.41, 5.74) is 4.52. The lowest BCUT2D eigenvalue weighted by Gasteiger charge is -2.16. The number of hydrogen-bond donors (Lipinski definition) is 2. The van der Waals surface area contributed by atoms with Gasteiger partial charge in [-0.1, -0.05) is 18.2 Å². The Morgan fingerprint density at radius 1 is 1.16 bits per heavy atom. The standard InChI is InChI=1S/C14H17FN4/c1-19(9-11-5-7-12(15)8-6-11)10-13-3-2-4-14(17-13)18-16/h2-8H,9-10,16H2,1H3,(H,17,18). The molecule has 19 heavy (non-hydrogen) atoms. The largest absolute Gasteiger partial charge is 0.308 e. The van der Waals surface area contributed by atoms with Crippen LogP contribution in [0.3, 0.4) is 0 Å². The zero-order valence-electron chi connectivity index (χ0n) is 10.8. The molecule has 0 aliphatic carbocycles. The second-order valence-corrected chi connectivity index (χ2v) is 4.46. The third kappa shape index (κ3) is 4.01. The van der Waals surface area contributed by atoms with E-state index in [4.69, 9.17) is 5.84 Å².